The van der Waals surface area contributed by atoms with E-state index in [0.717, 1.165) is 38.8 Å². The number of alkyl halides is 1. The van der Waals surface area contributed by atoms with Gasteiger partial charge in [0, 0.05) is 24.9 Å². The molecule has 116 valence electrons. The van der Waals surface area contributed by atoms with Gasteiger partial charge in [0.25, 0.3) is 0 Å². The Labute approximate surface area is 128 Å². The topological polar surface area (TPSA) is 29.5 Å². The Morgan fingerprint density at radius 2 is 1.60 bits per heavy atom. The van der Waals surface area contributed by atoms with Crippen LogP contribution in [0.4, 0.5) is 0 Å². The largest absolute Gasteiger partial charge is 0.377 e. The highest BCUT2D eigenvalue weighted by Gasteiger charge is 2.28. The molecule has 1 aliphatic carbocycles. The average molecular weight is 302 g/mol. The zero-order chi connectivity index (χ0) is 14.2. The molecule has 0 unspecified atom stereocenters. The summed E-state index contributed by atoms with van der Waals surface area (Å²) in [7, 11) is 0. The molecule has 2 rings (SSSR count). The number of halogens is 1. The third-order valence-electron chi connectivity index (χ3n) is 4.64. The molecule has 0 N–H and O–H groups in total. The van der Waals surface area contributed by atoms with E-state index in [4.69, 9.17) is 16.3 Å². The van der Waals surface area contributed by atoms with Gasteiger partial charge < -0.3 is 9.64 Å². The van der Waals surface area contributed by atoms with E-state index in [9.17, 15) is 4.79 Å². The first-order valence-corrected chi connectivity index (χ1v) is 8.81. The van der Waals surface area contributed by atoms with Crippen molar-refractivity contribution in [2.75, 3.05) is 25.6 Å². The number of ether oxygens (including phenoxy) is 1. The van der Waals surface area contributed by atoms with Crippen LogP contribution in [0.25, 0.3) is 0 Å². The third-order valence-corrected chi connectivity index (χ3v) is 4.79. The predicted molar refractivity (Wildman–Crippen MR) is 82.1 cm³/mol. The molecule has 2 aliphatic rings. The van der Waals surface area contributed by atoms with Crippen molar-refractivity contribution < 1.29 is 9.53 Å². The highest BCUT2D eigenvalue weighted by atomic mass is 35.5. The van der Waals surface area contributed by atoms with Gasteiger partial charge in [0.15, 0.2) is 0 Å². The summed E-state index contributed by atoms with van der Waals surface area (Å²) in [6.45, 7) is 2.35. The lowest BCUT2D eigenvalue weighted by molar-refractivity contribution is -0.138. The van der Waals surface area contributed by atoms with Gasteiger partial charge >= 0.3 is 0 Å². The van der Waals surface area contributed by atoms with E-state index in [2.05, 4.69) is 4.90 Å². The van der Waals surface area contributed by atoms with E-state index >= 15 is 0 Å². The lowest BCUT2D eigenvalue weighted by Gasteiger charge is -2.34. The first-order chi connectivity index (χ1) is 9.81. The molecule has 1 saturated carbocycles. The molecule has 4 heteroatoms. The van der Waals surface area contributed by atoms with Gasteiger partial charge in [0.05, 0.1) is 12.7 Å². The standard InChI is InChI=1S/C16H28ClNO2/c17-10-13-20-15-8-11-18(12-9-15)16(19)14-6-4-2-1-3-5-7-14/h14-15H,1-13H2. The maximum Gasteiger partial charge on any atom is 0.225 e. The van der Waals surface area contributed by atoms with Crippen LogP contribution in [0.3, 0.4) is 0 Å². The van der Waals surface area contributed by atoms with Crippen LogP contribution < -0.4 is 0 Å². The van der Waals surface area contributed by atoms with Gasteiger partial charge in [-0.25, -0.2) is 0 Å². The summed E-state index contributed by atoms with van der Waals surface area (Å²) < 4.78 is 5.67. The van der Waals surface area contributed by atoms with Crippen LogP contribution in [-0.2, 0) is 9.53 Å². The number of hydrogen-bond donors (Lipinski definition) is 0. The van der Waals surface area contributed by atoms with E-state index in [0.29, 0.717) is 24.5 Å². The summed E-state index contributed by atoms with van der Waals surface area (Å²) in [5, 5.41) is 0. The molecule has 2 fully saturated rings. The van der Waals surface area contributed by atoms with Crippen molar-refractivity contribution in [3.8, 4) is 0 Å². The number of amides is 1. The normalized spacial score (nSPS) is 23.4. The zero-order valence-corrected chi connectivity index (χ0v) is 13.2. The second-order valence-electron chi connectivity index (χ2n) is 6.13. The predicted octanol–water partition coefficient (Wildman–Crippen LogP) is 3.59. The molecule has 1 amide bonds. The Balaban J connectivity index is 1.75. The molecule has 0 aromatic carbocycles. The lowest BCUT2D eigenvalue weighted by atomic mass is 9.89. The molecule has 0 bridgehead atoms. The summed E-state index contributed by atoms with van der Waals surface area (Å²) in [4.78, 5) is 14.7. The smallest absolute Gasteiger partial charge is 0.225 e. The van der Waals surface area contributed by atoms with Crippen LogP contribution in [0, 0.1) is 5.92 Å². The summed E-state index contributed by atoms with van der Waals surface area (Å²) >= 11 is 5.64. The van der Waals surface area contributed by atoms with Crippen molar-refractivity contribution in [1.82, 2.24) is 4.90 Å². The van der Waals surface area contributed by atoms with Crippen molar-refractivity contribution in [2.24, 2.45) is 5.92 Å². The molecule has 3 nitrogen and oxygen atoms in total. The number of carbonyl (C=O) groups excluding carboxylic acids is 1. The number of hydrogen-bond acceptors (Lipinski definition) is 2. The van der Waals surface area contributed by atoms with E-state index in [1.807, 2.05) is 0 Å². The van der Waals surface area contributed by atoms with E-state index < -0.39 is 0 Å². The molecule has 0 atom stereocenters. The molecule has 0 aromatic heterocycles. The minimum absolute atomic E-state index is 0.288. The highest BCUT2D eigenvalue weighted by molar-refractivity contribution is 6.17. The van der Waals surface area contributed by atoms with Gasteiger partial charge in [-0.2, -0.15) is 0 Å². The summed E-state index contributed by atoms with van der Waals surface area (Å²) in [5.74, 6) is 1.25. The van der Waals surface area contributed by atoms with Crippen molar-refractivity contribution >= 4 is 17.5 Å². The summed E-state index contributed by atoms with van der Waals surface area (Å²) in [5.41, 5.74) is 0. The number of carbonyl (C=O) groups is 1. The number of piperidine rings is 1. The Bertz CT molecular complexity index is 282. The quantitative estimate of drug-likeness (QED) is 0.743. The molecule has 1 saturated heterocycles. The molecule has 20 heavy (non-hydrogen) atoms. The highest BCUT2D eigenvalue weighted by Crippen LogP contribution is 2.25. The van der Waals surface area contributed by atoms with Gasteiger partial charge in [0.1, 0.15) is 0 Å². The van der Waals surface area contributed by atoms with Gasteiger partial charge in [-0.3, -0.25) is 4.79 Å². The number of rotatable bonds is 4. The van der Waals surface area contributed by atoms with Gasteiger partial charge in [-0.15, -0.1) is 11.6 Å². The molecular formula is C16H28ClNO2. The minimum atomic E-state index is 0.288. The Hall–Kier alpha value is -0.280. The van der Waals surface area contributed by atoms with Crippen LogP contribution in [0.1, 0.15) is 57.8 Å². The SMILES string of the molecule is O=C(C1CCCCCCC1)N1CCC(OCCCl)CC1. The Kier molecular flexibility index (Phi) is 7.15. The fourth-order valence-corrected chi connectivity index (χ4v) is 3.50. The van der Waals surface area contributed by atoms with Crippen molar-refractivity contribution in [2.45, 2.75) is 63.9 Å². The molecule has 0 radical (unpaired) electrons. The Morgan fingerprint density at radius 3 is 2.20 bits per heavy atom. The maximum absolute atomic E-state index is 12.6. The maximum atomic E-state index is 12.6. The van der Waals surface area contributed by atoms with Crippen molar-refractivity contribution in [1.29, 1.82) is 0 Å². The van der Waals surface area contributed by atoms with E-state index in [1.165, 1.54) is 32.1 Å². The molecule has 0 aromatic rings. The van der Waals surface area contributed by atoms with Gasteiger partial charge in [0.2, 0.25) is 5.91 Å². The van der Waals surface area contributed by atoms with Crippen molar-refractivity contribution in [3.05, 3.63) is 0 Å². The number of likely N-dealkylation sites (tertiary alicyclic amines) is 1. The first kappa shape index (κ1) is 16.1. The summed E-state index contributed by atoms with van der Waals surface area (Å²) in [6, 6.07) is 0. The van der Waals surface area contributed by atoms with Crippen LogP contribution in [0.15, 0.2) is 0 Å². The number of nitrogens with zero attached hydrogens (tertiary/aromatic N) is 1. The van der Waals surface area contributed by atoms with Gasteiger partial charge in [-0.1, -0.05) is 32.1 Å². The second-order valence-corrected chi connectivity index (χ2v) is 6.50. The average Bonchev–Trinajstić information content (AvgIpc) is 2.45. The summed E-state index contributed by atoms with van der Waals surface area (Å²) in [6.07, 6.45) is 10.8. The van der Waals surface area contributed by atoms with Crippen LogP contribution in [0.5, 0.6) is 0 Å². The Morgan fingerprint density at radius 1 is 1.00 bits per heavy atom. The molecule has 0 spiro atoms. The van der Waals surface area contributed by atoms with E-state index in [-0.39, 0.29) is 5.92 Å². The fourth-order valence-electron chi connectivity index (χ4n) is 3.42. The monoisotopic (exact) mass is 301 g/mol. The zero-order valence-electron chi connectivity index (χ0n) is 12.5. The van der Waals surface area contributed by atoms with Crippen LogP contribution >= 0.6 is 11.6 Å². The van der Waals surface area contributed by atoms with Crippen molar-refractivity contribution in [3.63, 3.8) is 0 Å². The van der Waals surface area contributed by atoms with E-state index in [1.54, 1.807) is 0 Å². The second kappa shape index (κ2) is 8.89. The lowest BCUT2D eigenvalue weighted by Crippen LogP contribution is -2.43. The molecular weight excluding hydrogens is 274 g/mol. The van der Waals surface area contributed by atoms with Crippen LogP contribution in [0.2, 0.25) is 0 Å². The molecule has 1 heterocycles. The van der Waals surface area contributed by atoms with Gasteiger partial charge in [-0.05, 0) is 25.7 Å². The van der Waals surface area contributed by atoms with Crippen LogP contribution in [-0.4, -0.2) is 42.5 Å². The molecule has 1 aliphatic heterocycles. The minimum Gasteiger partial charge on any atom is -0.377 e. The fraction of sp³-hybridized carbons (Fsp3) is 0.938. The first-order valence-electron chi connectivity index (χ1n) is 8.27. The third kappa shape index (κ3) is 4.92.